The van der Waals surface area contributed by atoms with E-state index in [2.05, 4.69) is 10.6 Å². The lowest BCUT2D eigenvalue weighted by atomic mass is 10.1. The van der Waals surface area contributed by atoms with E-state index >= 15 is 0 Å². The van der Waals surface area contributed by atoms with E-state index in [-0.39, 0.29) is 11.9 Å². The maximum absolute atomic E-state index is 11.9. The van der Waals surface area contributed by atoms with Crippen LogP contribution >= 0.6 is 0 Å². The second kappa shape index (κ2) is 7.28. The second-order valence-corrected chi connectivity index (χ2v) is 5.08. The standard InChI is InChI=1S/C15H22N2O4/c1-20-13-4-3-10(7-14(13)21-2)5-6-16-15(19)12-8-11(18)9-17-12/h3-4,7,11-12,17-18H,5-6,8-9H2,1-2H3,(H,16,19)/t11-,12-/m1/s1. The topological polar surface area (TPSA) is 79.8 Å². The summed E-state index contributed by atoms with van der Waals surface area (Å²) in [5.74, 6) is 1.31. The molecule has 0 bridgehead atoms. The van der Waals surface area contributed by atoms with Crippen LogP contribution in [0.25, 0.3) is 0 Å². The molecule has 1 fully saturated rings. The predicted molar refractivity (Wildman–Crippen MR) is 78.7 cm³/mol. The fourth-order valence-corrected chi connectivity index (χ4v) is 2.41. The Balaban J connectivity index is 1.82. The summed E-state index contributed by atoms with van der Waals surface area (Å²) in [6.07, 6.45) is 0.760. The van der Waals surface area contributed by atoms with Crippen LogP contribution in [0.4, 0.5) is 0 Å². The van der Waals surface area contributed by atoms with Crippen molar-refractivity contribution in [2.45, 2.75) is 25.0 Å². The Morgan fingerprint density at radius 3 is 2.76 bits per heavy atom. The van der Waals surface area contributed by atoms with Gasteiger partial charge >= 0.3 is 0 Å². The molecule has 1 aliphatic heterocycles. The second-order valence-electron chi connectivity index (χ2n) is 5.08. The third-order valence-electron chi connectivity index (χ3n) is 3.59. The summed E-state index contributed by atoms with van der Waals surface area (Å²) >= 11 is 0. The molecule has 1 amide bonds. The maximum Gasteiger partial charge on any atom is 0.237 e. The number of carbonyl (C=O) groups is 1. The van der Waals surface area contributed by atoms with Crippen LogP contribution in [-0.4, -0.2) is 50.5 Å². The highest BCUT2D eigenvalue weighted by Crippen LogP contribution is 2.27. The van der Waals surface area contributed by atoms with Gasteiger partial charge < -0.3 is 25.2 Å². The molecule has 2 rings (SSSR count). The first kappa shape index (κ1) is 15.6. The van der Waals surface area contributed by atoms with Crippen LogP contribution < -0.4 is 20.1 Å². The zero-order valence-corrected chi connectivity index (χ0v) is 12.4. The lowest BCUT2D eigenvalue weighted by Crippen LogP contribution is -2.41. The summed E-state index contributed by atoms with van der Waals surface area (Å²) in [6, 6.07) is 5.42. The van der Waals surface area contributed by atoms with Crippen LogP contribution in [0, 0.1) is 0 Å². The maximum atomic E-state index is 11.9. The number of benzene rings is 1. The van der Waals surface area contributed by atoms with E-state index in [4.69, 9.17) is 9.47 Å². The summed E-state index contributed by atoms with van der Waals surface area (Å²) in [4.78, 5) is 11.9. The number of nitrogens with one attached hydrogen (secondary N) is 2. The van der Waals surface area contributed by atoms with Gasteiger partial charge in [0.2, 0.25) is 5.91 Å². The summed E-state index contributed by atoms with van der Waals surface area (Å²) < 4.78 is 10.4. The molecule has 0 aromatic heterocycles. The first-order chi connectivity index (χ1) is 10.1. The number of hydrogen-bond donors (Lipinski definition) is 3. The Bertz CT molecular complexity index is 493. The Labute approximate surface area is 124 Å². The number of methoxy groups -OCH3 is 2. The molecule has 1 saturated heterocycles. The summed E-state index contributed by atoms with van der Waals surface area (Å²) in [7, 11) is 3.20. The lowest BCUT2D eigenvalue weighted by molar-refractivity contribution is -0.122. The van der Waals surface area contributed by atoms with Gasteiger partial charge in [-0.3, -0.25) is 4.79 Å². The SMILES string of the molecule is COc1ccc(CCNC(=O)[C@H]2C[C@@H](O)CN2)cc1OC. The summed E-state index contributed by atoms with van der Waals surface area (Å²) in [5, 5.41) is 15.3. The highest BCUT2D eigenvalue weighted by Gasteiger charge is 2.27. The molecule has 6 heteroatoms. The van der Waals surface area contributed by atoms with Gasteiger partial charge in [-0.15, -0.1) is 0 Å². The molecule has 3 N–H and O–H groups in total. The molecule has 0 radical (unpaired) electrons. The molecular formula is C15H22N2O4. The average Bonchev–Trinajstić information content (AvgIpc) is 2.93. The van der Waals surface area contributed by atoms with E-state index in [0.29, 0.717) is 37.4 Å². The quantitative estimate of drug-likeness (QED) is 0.693. The minimum atomic E-state index is -0.424. The fraction of sp³-hybridized carbons (Fsp3) is 0.533. The molecule has 1 aromatic carbocycles. The zero-order valence-electron chi connectivity index (χ0n) is 12.4. The first-order valence-electron chi connectivity index (χ1n) is 7.04. The molecule has 2 atom stereocenters. The minimum absolute atomic E-state index is 0.0629. The van der Waals surface area contributed by atoms with Crippen molar-refractivity contribution in [3.63, 3.8) is 0 Å². The van der Waals surface area contributed by atoms with Gasteiger partial charge in [-0.05, 0) is 30.5 Å². The average molecular weight is 294 g/mol. The van der Waals surface area contributed by atoms with Crippen LogP contribution in [0.15, 0.2) is 18.2 Å². The third kappa shape index (κ3) is 4.09. The number of ether oxygens (including phenoxy) is 2. The predicted octanol–water partition coefficient (Wildman–Crippen LogP) is 0.0853. The Kier molecular flexibility index (Phi) is 5.41. The number of β-amino-alcohol motifs (C(OH)–C–C–N with tert-alkyl or cyclic N) is 1. The zero-order chi connectivity index (χ0) is 15.2. The molecule has 0 spiro atoms. The van der Waals surface area contributed by atoms with Crippen molar-refractivity contribution >= 4 is 5.91 Å². The molecule has 1 heterocycles. The normalized spacial score (nSPS) is 21.1. The lowest BCUT2D eigenvalue weighted by Gasteiger charge is -2.12. The molecule has 0 aliphatic carbocycles. The van der Waals surface area contributed by atoms with Crippen molar-refractivity contribution < 1.29 is 19.4 Å². The van der Waals surface area contributed by atoms with Gasteiger partial charge in [0.25, 0.3) is 0 Å². The van der Waals surface area contributed by atoms with Crippen LogP contribution in [0.3, 0.4) is 0 Å². The van der Waals surface area contributed by atoms with E-state index in [9.17, 15) is 9.90 Å². The molecule has 21 heavy (non-hydrogen) atoms. The molecule has 1 aromatic rings. The van der Waals surface area contributed by atoms with E-state index in [1.54, 1.807) is 14.2 Å². The van der Waals surface area contributed by atoms with Crippen molar-refractivity contribution in [1.29, 1.82) is 0 Å². The molecule has 6 nitrogen and oxygen atoms in total. The Hall–Kier alpha value is -1.79. The smallest absolute Gasteiger partial charge is 0.237 e. The van der Waals surface area contributed by atoms with E-state index in [0.717, 1.165) is 5.56 Å². The summed E-state index contributed by atoms with van der Waals surface area (Å²) in [6.45, 7) is 1.02. The number of amides is 1. The summed E-state index contributed by atoms with van der Waals surface area (Å²) in [5.41, 5.74) is 1.06. The van der Waals surface area contributed by atoms with Crippen LogP contribution in [-0.2, 0) is 11.2 Å². The van der Waals surface area contributed by atoms with Crippen LogP contribution in [0.2, 0.25) is 0 Å². The molecular weight excluding hydrogens is 272 g/mol. The monoisotopic (exact) mass is 294 g/mol. The van der Waals surface area contributed by atoms with Crippen molar-refractivity contribution in [1.82, 2.24) is 10.6 Å². The first-order valence-corrected chi connectivity index (χ1v) is 7.04. The van der Waals surface area contributed by atoms with Gasteiger partial charge in [-0.25, -0.2) is 0 Å². The highest BCUT2D eigenvalue weighted by atomic mass is 16.5. The van der Waals surface area contributed by atoms with Crippen molar-refractivity contribution in [3.05, 3.63) is 23.8 Å². The largest absolute Gasteiger partial charge is 0.493 e. The number of rotatable bonds is 6. The Morgan fingerprint density at radius 2 is 2.14 bits per heavy atom. The van der Waals surface area contributed by atoms with Crippen molar-refractivity contribution in [3.8, 4) is 11.5 Å². The molecule has 116 valence electrons. The van der Waals surface area contributed by atoms with Gasteiger partial charge in [-0.2, -0.15) is 0 Å². The van der Waals surface area contributed by atoms with Gasteiger partial charge in [0, 0.05) is 13.1 Å². The number of carbonyl (C=O) groups excluding carboxylic acids is 1. The van der Waals surface area contributed by atoms with E-state index in [1.165, 1.54) is 0 Å². The van der Waals surface area contributed by atoms with E-state index in [1.807, 2.05) is 18.2 Å². The molecule has 0 unspecified atom stereocenters. The molecule has 1 aliphatic rings. The van der Waals surface area contributed by atoms with Crippen LogP contribution in [0.1, 0.15) is 12.0 Å². The van der Waals surface area contributed by atoms with Crippen molar-refractivity contribution in [2.75, 3.05) is 27.3 Å². The fourth-order valence-electron chi connectivity index (χ4n) is 2.41. The third-order valence-corrected chi connectivity index (χ3v) is 3.59. The van der Waals surface area contributed by atoms with Gasteiger partial charge in [0.05, 0.1) is 26.4 Å². The molecule has 0 saturated carbocycles. The van der Waals surface area contributed by atoms with Gasteiger partial charge in [0.15, 0.2) is 11.5 Å². The highest BCUT2D eigenvalue weighted by molar-refractivity contribution is 5.82. The van der Waals surface area contributed by atoms with Crippen molar-refractivity contribution in [2.24, 2.45) is 0 Å². The number of hydrogen-bond acceptors (Lipinski definition) is 5. The van der Waals surface area contributed by atoms with Gasteiger partial charge in [-0.1, -0.05) is 6.07 Å². The minimum Gasteiger partial charge on any atom is -0.493 e. The van der Waals surface area contributed by atoms with Crippen LogP contribution in [0.5, 0.6) is 11.5 Å². The number of aliphatic hydroxyl groups excluding tert-OH is 1. The Morgan fingerprint density at radius 1 is 1.38 bits per heavy atom. The number of aliphatic hydroxyl groups is 1. The van der Waals surface area contributed by atoms with Gasteiger partial charge in [0.1, 0.15) is 0 Å². The van der Waals surface area contributed by atoms with E-state index < -0.39 is 6.10 Å².